The van der Waals surface area contributed by atoms with Crippen LogP contribution in [0.15, 0.2) is 556 Å². The molecular weight excluding hydrogens is 1640 g/mol. The number of rotatable bonds is 20. The maximum Gasteiger partial charge on any atom is 0.0645 e. The summed E-state index contributed by atoms with van der Waals surface area (Å²) < 4.78 is 694. The summed E-state index contributed by atoms with van der Waals surface area (Å²) in [5.74, 6) is 0. The van der Waals surface area contributed by atoms with E-state index in [4.69, 9.17) is 50.7 Å². The summed E-state index contributed by atoms with van der Waals surface area (Å²) in [5, 5.41) is -0.303. The Morgan fingerprint density at radius 3 is 0.801 bits per heavy atom. The van der Waals surface area contributed by atoms with Gasteiger partial charge >= 0.3 is 0 Å². The van der Waals surface area contributed by atoms with Gasteiger partial charge in [0.25, 0.3) is 0 Å². The van der Waals surface area contributed by atoms with Gasteiger partial charge in [0.15, 0.2) is 0 Å². The minimum atomic E-state index is -1.52. The number of anilines is 6. The zero-order chi connectivity index (χ0) is 157. The van der Waals surface area contributed by atoms with Gasteiger partial charge in [-0.2, -0.15) is 0 Å². The van der Waals surface area contributed by atoms with Crippen LogP contribution in [0.1, 0.15) is 104 Å². The molecule has 0 aliphatic heterocycles. The molecule has 0 fully saturated rings. The van der Waals surface area contributed by atoms with Crippen LogP contribution in [-0.4, -0.2) is 9.13 Å². The first-order valence-corrected chi connectivity index (χ1v) is 40.5. The number of para-hydroxylation sites is 2. The van der Waals surface area contributed by atoms with Crippen molar-refractivity contribution in [3.8, 4) is 145 Å². The Kier molecular flexibility index (Phi) is 9.46. The van der Waals surface area contributed by atoms with Crippen molar-refractivity contribution < 1.29 is 104 Å². The van der Waals surface area contributed by atoms with Gasteiger partial charge in [-0.05, 0) is 279 Å². The van der Waals surface area contributed by atoms with Crippen LogP contribution in [0.5, 0.6) is 0 Å². The van der Waals surface area contributed by atoms with E-state index in [1.807, 2.05) is 83.4 Å². The van der Waals surface area contributed by atoms with E-state index in [1.165, 1.54) is 0 Å². The van der Waals surface area contributed by atoms with Crippen molar-refractivity contribution in [2.75, 3.05) is 9.80 Å². The summed E-state index contributed by atoms with van der Waals surface area (Å²) in [6.45, 7) is 0. The van der Waals surface area contributed by atoms with E-state index in [9.17, 15) is 53.5 Å². The van der Waals surface area contributed by atoms with Gasteiger partial charge in [0.05, 0.1) is 126 Å². The molecule has 24 rings (SSSR count). The first-order chi connectivity index (χ1) is 99.1. The molecule has 0 atom stereocenters. The Balaban J connectivity index is 0.000000218. The highest BCUT2D eigenvalue weighted by Gasteiger charge is 2.22. The highest BCUT2D eigenvalue weighted by Crippen LogP contribution is 2.45. The van der Waals surface area contributed by atoms with E-state index in [-0.39, 0.29) is 16.0 Å². The number of nitrogens with zero attached hydrogens (tertiary/aromatic N) is 4. The highest BCUT2D eigenvalue weighted by molar-refractivity contribution is 6.12. The maximum absolute atomic E-state index is 9.97. The number of aromatic nitrogens is 2. The quantitative estimate of drug-likeness (QED) is 0.0756. The molecule has 0 spiro atoms. The summed E-state index contributed by atoms with van der Waals surface area (Å²) in [6, 6.07) is -55.4. The minimum Gasteiger partial charge on any atom is -0.311 e. The minimum absolute atomic E-state index is 0.119. The zero-order valence-electron chi connectivity index (χ0n) is 145. The van der Waals surface area contributed by atoms with Crippen molar-refractivity contribution in [3.63, 3.8) is 0 Å². The third-order valence-electron chi connectivity index (χ3n) is 20.7. The highest BCUT2D eigenvalue weighted by atomic mass is 15.1. The molecule has 0 amide bonds. The fraction of sp³-hybridized carbons (Fsp3) is 0. The number of fused-ring (bicyclic) bond motifs is 6. The summed E-state index contributed by atoms with van der Waals surface area (Å²) in [5.41, 5.74) is -25.1. The Hall–Kier alpha value is -18.0. The molecule has 24 aromatic rings. The Morgan fingerprint density at radius 2 is 0.404 bits per heavy atom. The van der Waals surface area contributed by atoms with Crippen molar-refractivity contribution in [2.45, 2.75) is 0 Å². The lowest BCUT2D eigenvalue weighted by molar-refractivity contribution is 1.18. The standard InChI is InChI=1S/2C66H46N2/c2*1-4-13-47(14-5-1)50-23-25-51(26-24-50)53-27-36-59(37-28-53)67(60-38-31-54(32-39-60)57-20-12-19-56(45-57)49-17-8-3-9-18-49)61-40-33-55(34-41-61)58-35-44-66-64(46-58)63-21-10-11-22-65(63)68(66)62-42-29-52(30-43-62)48-15-6-2-7-16-48/h2*1-46H/i1D,2D,3D,4D,5D,6D,7D,8D,9D,10D,11D,12D,13D,14D,15D,16D,17D,18D,19D,20D,21D,22D,23D,24D,25D,26D,27D,28D,29D,30D,31D,32D,33D,34D,35D,36D,37D,38D,39D,40D,41D,42D,43D,44D,45D,46D;1D,3D,4D,5D,8D,9D,12D,13D,14D,17D,18D,19D,20D,23D,24D,25D,26D,27D,28D,31D,32D,33D,34D,36D,37D,38D,39D,40D,41D,45D. The third-order valence-corrected chi connectivity index (χ3v) is 20.7. The molecule has 136 heavy (non-hydrogen) atoms. The van der Waals surface area contributed by atoms with Gasteiger partial charge in [-0.25, -0.2) is 0 Å². The largest absolute Gasteiger partial charge is 0.311 e. The SMILES string of the molecule is [2H]c1c([2H])c([2H])c(-c2c([2H])c([2H])c(-c3c([2H])c([2H])c(N(c4c([2H])c([2H])c(-c5c([2H])c([2H])c([2H])c(-c6c([2H])c([2H])c([2H])c([2H])c6[2H])c5[2H])c([2H])c4[2H])c4c([2H])c([2H])c(-c5c([2H])c([2H])c6c(c5[2H])c5c([2H])c([2H])c([2H])c([2H])c5n6-c5c([2H])c([2H])c(-c6c([2H])c([2H])c([2H])c([2H])c6[2H])c([2H])c5[2H])c([2H])c4[2H])c([2H])c3[2H])c([2H])c2[2H])c([2H])c1[2H].[2H]c1c([2H])c([2H])c(-c2c([2H])c([2H])c(-c3c([2H])c([2H])c(N(c4c([2H])c([2H])c(-c5ccc6c(c5)c5ccccc5n6-c5ccc(-c6ccccc6)cc5)c([2H])c4[2H])c4c([2H])c([2H])c(-c5c([2H])c([2H])c([2H])c(-c6c([2H])c([2H])c([2H])c([2H])c6[2H])c5[2H])c([2H])c4[2H])c([2H])c3[2H])c([2H])c2[2H])c([2H])c1[2H]. The van der Waals surface area contributed by atoms with Crippen LogP contribution in [0.2, 0.25) is 0 Å². The number of hydrogen-bond donors (Lipinski definition) is 0. The lowest BCUT2D eigenvalue weighted by Crippen LogP contribution is -2.09. The van der Waals surface area contributed by atoms with Gasteiger partial charge in [-0.3, -0.25) is 0 Å². The van der Waals surface area contributed by atoms with Crippen LogP contribution in [0.4, 0.5) is 34.1 Å². The van der Waals surface area contributed by atoms with Crippen LogP contribution in [0, 0.1) is 0 Å². The summed E-state index contributed by atoms with van der Waals surface area (Å²) in [7, 11) is 0. The van der Waals surface area contributed by atoms with Crippen LogP contribution in [0.3, 0.4) is 0 Å². The molecule has 0 aliphatic carbocycles. The lowest BCUT2D eigenvalue weighted by Gasteiger charge is -2.26. The second-order valence-electron chi connectivity index (χ2n) is 28.8. The molecule has 22 aromatic carbocycles. The monoisotopic (exact) mass is 1810 g/mol. The molecule has 0 saturated heterocycles. The van der Waals surface area contributed by atoms with Gasteiger partial charge in [0.1, 0.15) is 0 Å². The maximum atomic E-state index is 9.97. The van der Waals surface area contributed by atoms with Gasteiger partial charge < -0.3 is 18.9 Å². The molecular formula is C132H92N4. The number of hydrogen-bond acceptors (Lipinski definition) is 2. The fourth-order valence-corrected chi connectivity index (χ4v) is 14.4. The lowest BCUT2D eigenvalue weighted by atomic mass is 9.98. The van der Waals surface area contributed by atoms with Gasteiger partial charge in [-0.1, -0.05) is 411 Å². The van der Waals surface area contributed by atoms with Gasteiger partial charge in [0, 0.05) is 67.0 Å². The second kappa shape index (κ2) is 37.1. The van der Waals surface area contributed by atoms with E-state index in [0.717, 1.165) is 27.7 Å². The van der Waals surface area contributed by atoms with Crippen molar-refractivity contribution in [1.29, 1.82) is 0 Å². The summed E-state index contributed by atoms with van der Waals surface area (Å²) in [6.07, 6.45) is 0. The van der Waals surface area contributed by atoms with Crippen LogP contribution in [0.25, 0.3) is 189 Å². The fourth-order valence-electron chi connectivity index (χ4n) is 14.4. The second-order valence-corrected chi connectivity index (χ2v) is 28.8. The third kappa shape index (κ3) is 16.8. The van der Waals surface area contributed by atoms with Crippen molar-refractivity contribution >= 4 is 77.7 Å². The molecule has 0 saturated carbocycles. The molecule has 0 N–H and O–H groups in total. The van der Waals surface area contributed by atoms with E-state index in [0.29, 0.717) is 20.4 Å². The van der Waals surface area contributed by atoms with E-state index >= 15 is 0 Å². The summed E-state index contributed by atoms with van der Waals surface area (Å²) >= 11 is 0. The van der Waals surface area contributed by atoms with Crippen LogP contribution >= 0.6 is 0 Å². The topological polar surface area (TPSA) is 16.3 Å². The first-order valence-electron chi connectivity index (χ1n) is 78.5. The van der Waals surface area contributed by atoms with Gasteiger partial charge in [0.2, 0.25) is 0 Å². The van der Waals surface area contributed by atoms with Gasteiger partial charge in [-0.15, -0.1) is 0 Å². The molecule has 2 aromatic heterocycles. The van der Waals surface area contributed by atoms with Crippen molar-refractivity contribution in [2.24, 2.45) is 0 Å². The molecule has 0 aliphatic rings. The summed E-state index contributed by atoms with van der Waals surface area (Å²) in [4.78, 5) is 0.522. The average Bonchev–Trinajstić information content (AvgIpc) is 1.49. The predicted octanol–water partition coefficient (Wildman–Crippen LogP) is 36.5. The first kappa shape index (κ1) is 34.6. The molecule has 0 bridgehead atoms. The van der Waals surface area contributed by atoms with E-state index < -0.39 is 632 Å². The number of benzene rings is 22. The smallest absolute Gasteiger partial charge is 0.0645 e. The Labute approximate surface area is 900 Å². The molecule has 640 valence electrons. The predicted molar refractivity (Wildman–Crippen MR) is 576 cm³/mol. The molecule has 2 heterocycles. The van der Waals surface area contributed by atoms with E-state index in [1.54, 1.807) is 18.2 Å². The molecule has 4 nitrogen and oxygen atoms in total. The van der Waals surface area contributed by atoms with E-state index in [2.05, 4.69) is 0 Å². The Bertz CT molecular complexity index is 13100. The molecule has 4 heteroatoms. The molecule has 0 radical (unpaired) electrons. The Morgan fingerprint density at radius 1 is 0.140 bits per heavy atom. The molecule has 0 unspecified atom stereocenters. The average molecular weight is 1810 g/mol. The normalized spacial score (nSPS) is 19.1. The van der Waals surface area contributed by atoms with Crippen molar-refractivity contribution in [1.82, 2.24) is 9.13 Å². The van der Waals surface area contributed by atoms with Crippen LogP contribution < -0.4 is 9.80 Å². The zero-order valence-corrected chi connectivity index (χ0v) is 69.0. The van der Waals surface area contributed by atoms with Crippen LogP contribution in [-0.2, 0) is 0 Å². The van der Waals surface area contributed by atoms with Crippen molar-refractivity contribution in [3.05, 3.63) is 556 Å².